The Kier molecular flexibility index (Phi) is 2.60. The van der Waals surface area contributed by atoms with Gasteiger partial charge in [0.2, 0.25) is 5.71 Å². The number of rotatable bonds is 2. The first-order valence-electron chi connectivity index (χ1n) is 3.38. The average Bonchev–Trinajstić information content (AvgIpc) is 2.49. The summed E-state index contributed by atoms with van der Waals surface area (Å²) < 4.78 is 36.7. The largest absolute Gasteiger partial charge is 0.438 e. The van der Waals surface area contributed by atoms with Gasteiger partial charge in [0, 0.05) is 6.20 Å². The van der Waals surface area contributed by atoms with Crippen LogP contribution in [0.5, 0.6) is 0 Å². The summed E-state index contributed by atoms with van der Waals surface area (Å²) in [4.78, 5) is 6.50. The molecule has 3 nitrogen and oxygen atoms in total. The van der Waals surface area contributed by atoms with Crippen molar-refractivity contribution in [1.29, 1.82) is 0 Å². The number of oxime groups is 1. The minimum absolute atomic E-state index is 0.116. The Morgan fingerprint density at radius 3 is 2.62 bits per heavy atom. The van der Waals surface area contributed by atoms with Crippen LogP contribution in [0.1, 0.15) is 5.69 Å². The number of hydrogen-bond donors (Lipinski definition) is 1. The second-order valence-electron chi connectivity index (χ2n) is 2.20. The molecule has 1 aromatic rings. The van der Waals surface area contributed by atoms with Crippen molar-refractivity contribution in [2.75, 3.05) is 7.11 Å². The van der Waals surface area contributed by atoms with Crippen molar-refractivity contribution in [2.24, 2.45) is 5.16 Å². The molecular formula is C7H7F3N2O. The third-order valence-electron chi connectivity index (χ3n) is 1.30. The minimum atomic E-state index is -4.51. The SMILES string of the molecule is CON=C(c1ccc[nH]1)C(F)(F)F. The van der Waals surface area contributed by atoms with Gasteiger partial charge in [-0.15, -0.1) is 0 Å². The fourth-order valence-corrected chi connectivity index (χ4v) is 0.823. The maximum Gasteiger partial charge on any atom is 0.438 e. The maximum atomic E-state index is 12.2. The molecule has 0 amide bonds. The molecule has 0 bridgehead atoms. The summed E-state index contributed by atoms with van der Waals surface area (Å²) in [5, 5.41) is 2.90. The smallest absolute Gasteiger partial charge is 0.399 e. The van der Waals surface area contributed by atoms with Gasteiger partial charge in [0.05, 0.1) is 5.69 Å². The highest BCUT2D eigenvalue weighted by Crippen LogP contribution is 2.21. The molecule has 1 heterocycles. The second-order valence-corrected chi connectivity index (χ2v) is 2.20. The van der Waals surface area contributed by atoms with Crippen LogP contribution in [0, 0.1) is 0 Å². The van der Waals surface area contributed by atoms with E-state index in [-0.39, 0.29) is 5.69 Å². The molecule has 1 N–H and O–H groups in total. The lowest BCUT2D eigenvalue weighted by atomic mass is 10.3. The highest BCUT2D eigenvalue weighted by molar-refractivity contribution is 6.02. The molecule has 0 aliphatic rings. The number of nitrogens with one attached hydrogen (secondary N) is 1. The summed E-state index contributed by atoms with van der Waals surface area (Å²) in [6.45, 7) is 0. The van der Waals surface area contributed by atoms with E-state index < -0.39 is 11.9 Å². The summed E-state index contributed by atoms with van der Waals surface area (Å²) in [6.07, 6.45) is -3.13. The number of halogens is 3. The standard InChI is InChI=1S/C7H7F3N2O/c1-13-12-6(7(8,9)10)5-3-2-4-11-5/h2-4,11H,1H3. The molecule has 1 rings (SSSR count). The predicted molar refractivity (Wildman–Crippen MR) is 40.4 cm³/mol. The number of H-pyrrole nitrogens is 1. The van der Waals surface area contributed by atoms with Crippen molar-refractivity contribution in [2.45, 2.75) is 6.18 Å². The average molecular weight is 192 g/mol. The Labute approximate surface area is 72.2 Å². The maximum absolute atomic E-state index is 12.2. The molecule has 0 aliphatic heterocycles. The van der Waals surface area contributed by atoms with Crippen molar-refractivity contribution < 1.29 is 18.0 Å². The van der Waals surface area contributed by atoms with Crippen LogP contribution < -0.4 is 0 Å². The first-order valence-corrected chi connectivity index (χ1v) is 3.38. The summed E-state index contributed by atoms with van der Waals surface area (Å²) >= 11 is 0. The summed E-state index contributed by atoms with van der Waals surface area (Å²) in [5.41, 5.74) is -1.19. The molecule has 0 saturated carbocycles. The molecule has 6 heteroatoms. The first-order chi connectivity index (χ1) is 6.05. The topological polar surface area (TPSA) is 37.4 Å². The van der Waals surface area contributed by atoms with Crippen LogP contribution in [0.15, 0.2) is 23.5 Å². The van der Waals surface area contributed by atoms with E-state index in [0.717, 1.165) is 7.11 Å². The Morgan fingerprint density at radius 2 is 2.23 bits per heavy atom. The predicted octanol–water partition coefficient (Wildman–Crippen LogP) is 1.93. The van der Waals surface area contributed by atoms with E-state index in [0.29, 0.717) is 0 Å². The van der Waals surface area contributed by atoms with Crippen molar-refractivity contribution >= 4 is 5.71 Å². The van der Waals surface area contributed by atoms with Gasteiger partial charge < -0.3 is 9.82 Å². The fraction of sp³-hybridized carbons (Fsp3) is 0.286. The molecule has 72 valence electrons. The van der Waals surface area contributed by atoms with Crippen molar-refractivity contribution in [1.82, 2.24) is 4.98 Å². The van der Waals surface area contributed by atoms with Gasteiger partial charge in [-0.2, -0.15) is 13.2 Å². The Hall–Kier alpha value is -1.46. The molecule has 0 saturated heterocycles. The van der Waals surface area contributed by atoms with Crippen LogP contribution in [0.3, 0.4) is 0 Å². The summed E-state index contributed by atoms with van der Waals surface area (Å²) in [7, 11) is 1.06. The Bertz CT molecular complexity index is 289. The van der Waals surface area contributed by atoms with E-state index in [2.05, 4.69) is 15.0 Å². The van der Waals surface area contributed by atoms with Gasteiger partial charge in [-0.05, 0) is 12.1 Å². The molecule has 0 radical (unpaired) electrons. The van der Waals surface area contributed by atoms with Crippen molar-refractivity contribution in [3.05, 3.63) is 24.0 Å². The van der Waals surface area contributed by atoms with Crippen LogP contribution >= 0.6 is 0 Å². The molecule has 0 spiro atoms. The lowest BCUT2D eigenvalue weighted by molar-refractivity contribution is -0.0609. The van der Waals surface area contributed by atoms with E-state index >= 15 is 0 Å². The molecule has 1 aromatic heterocycles. The van der Waals surface area contributed by atoms with E-state index in [1.165, 1.54) is 18.3 Å². The van der Waals surface area contributed by atoms with Gasteiger partial charge in [0.25, 0.3) is 0 Å². The second kappa shape index (κ2) is 3.51. The molecule has 13 heavy (non-hydrogen) atoms. The number of nitrogens with zero attached hydrogens (tertiary/aromatic N) is 1. The lowest BCUT2D eigenvalue weighted by Crippen LogP contribution is -2.24. The number of hydrogen-bond acceptors (Lipinski definition) is 2. The van der Waals surface area contributed by atoms with E-state index in [4.69, 9.17) is 0 Å². The Morgan fingerprint density at radius 1 is 1.54 bits per heavy atom. The molecular weight excluding hydrogens is 185 g/mol. The highest BCUT2D eigenvalue weighted by Gasteiger charge is 2.38. The van der Waals surface area contributed by atoms with Crippen LogP contribution in [0.2, 0.25) is 0 Å². The van der Waals surface area contributed by atoms with Gasteiger partial charge in [-0.3, -0.25) is 0 Å². The summed E-state index contributed by atoms with van der Waals surface area (Å²) in [6, 6.07) is 2.72. The molecule has 0 aliphatic carbocycles. The van der Waals surface area contributed by atoms with Crippen molar-refractivity contribution in [3.63, 3.8) is 0 Å². The quantitative estimate of drug-likeness (QED) is 0.564. The fourth-order valence-electron chi connectivity index (χ4n) is 0.823. The monoisotopic (exact) mass is 192 g/mol. The molecule has 0 fully saturated rings. The zero-order valence-electron chi connectivity index (χ0n) is 6.72. The van der Waals surface area contributed by atoms with E-state index in [9.17, 15) is 13.2 Å². The van der Waals surface area contributed by atoms with Crippen LogP contribution in [0.25, 0.3) is 0 Å². The zero-order chi connectivity index (χ0) is 9.90. The van der Waals surface area contributed by atoms with E-state index in [1.807, 2.05) is 0 Å². The molecule has 0 aromatic carbocycles. The van der Waals surface area contributed by atoms with E-state index in [1.54, 1.807) is 0 Å². The third kappa shape index (κ3) is 2.24. The third-order valence-corrected chi connectivity index (χ3v) is 1.30. The normalized spacial score (nSPS) is 13.1. The van der Waals surface area contributed by atoms with Gasteiger partial charge in [0.15, 0.2) is 0 Å². The van der Waals surface area contributed by atoms with Gasteiger partial charge in [0.1, 0.15) is 7.11 Å². The van der Waals surface area contributed by atoms with Crippen LogP contribution in [-0.2, 0) is 4.84 Å². The van der Waals surface area contributed by atoms with Crippen molar-refractivity contribution in [3.8, 4) is 0 Å². The number of alkyl halides is 3. The minimum Gasteiger partial charge on any atom is -0.399 e. The van der Waals surface area contributed by atoms with Gasteiger partial charge in [-0.25, -0.2) is 0 Å². The van der Waals surface area contributed by atoms with Crippen LogP contribution in [-0.4, -0.2) is 24.0 Å². The molecule has 0 unspecified atom stereocenters. The Balaban J connectivity index is 3.02. The highest BCUT2D eigenvalue weighted by atomic mass is 19.4. The summed E-state index contributed by atoms with van der Waals surface area (Å²) in [5.74, 6) is 0. The number of aromatic nitrogens is 1. The number of aromatic amines is 1. The van der Waals surface area contributed by atoms with Gasteiger partial charge >= 0.3 is 6.18 Å². The first kappa shape index (κ1) is 9.63. The zero-order valence-corrected chi connectivity index (χ0v) is 6.72. The van der Waals surface area contributed by atoms with Crippen LogP contribution in [0.4, 0.5) is 13.2 Å². The lowest BCUT2D eigenvalue weighted by Gasteiger charge is -2.06. The van der Waals surface area contributed by atoms with Gasteiger partial charge in [-0.1, -0.05) is 5.16 Å². The molecule has 0 atom stereocenters.